The number of halogens is 1. The predicted molar refractivity (Wildman–Crippen MR) is 72.5 cm³/mol. The number of nitrogens with zero attached hydrogens (tertiary/aromatic N) is 2. The van der Waals surface area contributed by atoms with Crippen molar-refractivity contribution >= 4 is 22.5 Å². The van der Waals surface area contributed by atoms with E-state index in [2.05, 4.69) is 5.10 Å². The van der Waals surface area contributed by atoms with Crippen molar-refractivity contribution in [2.24, 2.45) is 0 Å². The van der Waals surface area contributed by atoms with Crippen LogP contribution in [0.2, 0.25) is 5.02 Å². The van der Waals surface area contributed by atoms with Crippen molar-refractivity contribution in [1.29, 1.82) is 0 Å². The second-order valence-corrected chi connectivity index (χ2v) is 4.61. The zero-order valence-electron chi connectivity index (χ0n) is 9.76. The summed E-state index contributed by atoms with van der Waals surface area (Å²) in [5.41, 5.74) is 2.73. The molecule has 1 N–H and O–H groups in total. The minimum atomic E-state index is 0.234. The highest BCUT2D eigenvalue weighted by atomic mass is 35.5. The molecular weight excluding hydrogens is 248 g/mol. The van der Waals surface area contributed by atoms with E-state index in [1.54, 1.807) is 16.8 Å². The van der Waals surface area contributed by atoms with Crippen molar-refractivity contribution in [3.63, 3.8) is 0 Å². The summed E-state index contributed by atoms with van der Waals surface area (Å²) in [6, 6.07) is 12.7. The summed E-state index contributed by atoms with van der Waals surface area (Å²) in [6.45, 7) is 1.95. The van der Waals surface area contributed by atoms with Gasteiger partial charge in [-0.05, 0) is 43.3 Å². The summed E-state index contributed by atoms with van der Waals surface area (Å²) >= 11 is 5.88. The van der Waals surface area contributed by atoms with Crippen molar-refractivity contribution in [3.8, 4) is 11.4 Å². The van der Waals surface area contributed by atoms with E-state index in [1.807, 2.05) is 37.3 Å². The molecule has 0 radical (unpaired) electrons. The molecule has 1 heterocycles. The normalized spacial score (nSPS) is 11.0. The highest BCUT2D eigenvalue weighted by Gasteiger charge is 2.09. The monoisotopic (exact) mass is 258 g/mol. The van der Waals surface area contributed by atoms with Crippen molar-refractivity contribution < 1.29 is 5.11 Å². The van der Waals surface area contributed by atoms with E-state index in [0.717, 1.165) is 22.3 Å². The van der Waals surface area contributed by atoms with Crippen molar-refractivity contribution in [1.82, 2.24) is 9.78 Å². The first kappa shape index (κ1) is 11.1. The molecule has 0 spiro atoms. The molecule has 0 amide bonds. The van der Waals surface area contributed by atoms with Gasteiger partial charge in [-0.1, -0.05) is 11.6 Å². The maximum absolute atomic E-state index is 9.59. The highest BCUT2D eigenvalue weighted by molar-refractivity contribution is 6.30. The molecule has 3 nitrogen and oxygen atoms in total. The molecule has 0 aliphatic carbocycles. The number of fused-ring (bicyclic) bond motifs is 1. The number of rotatable bonds is 1. The summed E-state index contributed by atoms with van der Waals surface area (Å²) < 4.78 is 1.81. The molecule has 0 atom stereocenters. The number of hydrogen-bond donors (Lipinski definition) is 1. The van der Waals surface area contributed by atoms with Crippen LogP contribution in [0.3, 0.4) is 0 Å². The maximum atomic E-state index is 9.59. The van der Waals surface area contributed by atoms with Crippen molar-refractivity contribution in [3.05, 3.63) is 53.2 Å². The fourth-order valence-corrected chi connectivity index (χ4v) is 2.16. The molecule has 0 aliphatic heterocycles. The lowest BCUT2D eigenvalue weighted by molar-refractivity contribution is 0.476. The number of benzene rings is 2. The number of hydrogen-bond acceptors (Lipinski definition) is 2. The summed E-state index contributed by atoms with van der Waals surface area (Å²) in [5.74, 6) is 0.234. The van der Waals surface area contributed by atoms with Crippen LogP contribution in [0.5, 0.6) is 5.75 Å². The Morgan fingerprint density at radius 2 is 1.83 bits per heavy atom. The van der Waals surface area contributed by atoms with Gasteiger partial charge in [0.2, 0.25) is 0 Å². The van der Waals surface area contributed by atoms with Gasteiger partial charge in [0.15, 0.2) is 0 Å². The molecule has 1 aromatic heterocycles. The summed E-state index contributed by atoms with van der Waals surface area (Å²) in [5, 5.41) is 15.8. The lowest BCUT2D eigenvalue weighted by Crippen LogP contribution is -1.95. The van der Waals surface area contributed by atoms with E-state index < -0.39 is 0 Å². The topological polar surface area (TPSA) is 38.0 Å². The minimum absolute atomic E-state index is 0.234. The van der Waals surface area contributed by atoms with Crippen LogP contribution in [0.4, 0.5) is 0 Å². The molecule has 2 aromatic carbocycles. The number of phenolic OH excluding ortho intramolecular Hbond substituents is 1. The molecule has 0 bridgehead atoms. The van der Waals surface area contributed by atoms with E-state index in [1.165, 1.54) is 0 Å². The fourth-order valence-electron chi connectivity index (χ4n) is 2.04. The largest absolute Gasteiger partial charge is 0.508 e. The van der Waals surface area contributed by atoms with Crippen LogP contribution in [0, 0.1) is 6.92 Å². The molecule has 0 fully saturated rings. The molecule has 0 saturated heterocycles. The SMILES string of the molecule is Cc1nn(-c2ccc(Cl)cc2)c2cc(O)ccc12. The van der Waals surface area contributed by atoms with Crippen LogP contribution in [-0.2, 0) is 0 Å². The van der Waals surface area contributed by atoms with Gasteiger partial charge in [-0.2, -0.15) is 5.10 Å². The molecule has 3 rings (SSSR count). The number of aryl methyl sites for hydroxylation is 1. The van der Waals surface area contributed by atoms with Gasteiger partial charge in [0.05, 0.1) is 16.9 Å². The number of phenols is 1. The predicted octanol–water partition coefficient (Wildman–Crippen LogP) is 3.69. The summed E-state index contributed by atoms with van der Waals surface area (Å²) in [7, 11) is 0. The average Bonchev–Trinajstić information content (AvgIpc) is 2.67. The molecule has 0 unspecified atom stereocenters. The molecule has 4 heteroatoms. The van der Waals surface area contributed by atoms with E-state index in [9.17, 15) is 5.11 Å². The van der Waals surface area contributed by atoms with E-state index in [4.69, 9.17) is 11.6 Å². The van der Waals surface area contributed by atoms with Gasteiger partial charge < -0.3 is 5.11 Å². The number of aromatic nitrogens is 2. The zero-order chi connectivity index (χ0) is 12.7. The van der Waals surface area contributed by atoms with Crippen molar-refractivity contribution in [2.45, 2.75) is 6.92 Å². The molecule has 90 valence electrons. The Bertz CT molecular complexity index is 716. The van der Waals surface area contributed by atoms with Gasteiger partial charge in [0.25, 0.3) is 0 Å². The third-order valence-electron chi connectivity index (χ3n) is 2.92. The van der Waals surface area contributed by atoms with Crippen LogP contribution in [-0.4, -0.2) is 14.9 Å². The third-order valence-corrected chi connectivity index (χ3v) is 3.17. The first-order valence-electron chi connectivity index (χ1n) is 5.59. The zero-order valence-corrected chi connectivity index (χ0v) is 10.5. The van der Waals surface area contributed by atoms with E-state index in [0.29, 0.717) is 5.02 Å². The van der Waals surface area contributed by atoms with Gasteiger partial charge >= 0.3 is 0 Å². The minimum Gasteiger partial charge on any atom is -0.508 e. The lowest BCUT2D eigenvalue weighted by Gasteiger charge is -2.03. The van der Waals surface area contributed by atoms with Crippen LogP contribution in [0.1, 0.15) is 5.69 Å². The second-order valence-electron chi connectivity index (χ2n) is 4.18. The number of aromatic hydroxyl groups is 1. The standard InChI is InChI=1S/C14H11ClN2O/c1-9-13-7-6-12(18)8-14(13)17(16-9)11-4-2-10(15)3-5-11/h2-8,18H,1H3. The van der Waals surface area contributed by atoms with Crippen LogP contribution in [0.15, 0.2) is 42.5 Å². The smallest absolute Gasteiger partial charge is 0.117 e. The average molecular weight is 259 g/mol. The van der Waals surface area contributed by atoms with Gasteiger partial charge in [-0.15, -0.1) is 0 Å². The Hall–Kier alpha value is -2.00. The van der Waals surface area contributed by atoms with Gasteiger partial charge in [0.1, 0.15) is 5.75 Å². The highest BCUT2D eigenvalue weighted by Crippen LogP contribution is 2.25. The molecule has 18 heavy (non-hydrogen) atoms. The Kier molecular flexibility index (Phi) is 2.49. The molecule has 0 aliphatic rings. The first-order chi connectivity index (χ1) is 8.65. The summed E-state index contributed by atoms with van der Waals surface area (Å²) in [4.78, 5) is 0. The Morgan fingerprint density at radius 3 is 2.56 bits per heavy atom. The van der Waals surface area contributed by atoms with Crippen LogP contribution in [0.25, 0.3) is 16.6 Å². The fraction of sp³-hybridized carbons (Fsp3) is 0.0714. The molecular formula is C14H11ClN2O. The lowest BCUT2D eigenvalue weighted by atomic mass is 10.2. The third kappa shape index (κ3) is 1.73. The Labute approximate surface area is 109 Å². The quantitative estimate of drug-likeness (QED) is 0.723. The Morgan fingerprint density at radius 1 is 1.11 bits per heavy atom. The van der Waals surface area contributed by atoms with E-state index in [-0.39, 0.29) is 5.75 Å². The van der Waals surface area contributed by atoms with E-state index >= 15 is 0 Å². The summed E-state index contributed by atoms with van der Waals surface area (Å²) in [6.07, 6.45) is 0. The first-order valence-corrected chi connectivity index (χ1v) is 5.97. The van der Waals surface area contributed by atoms with Crippen LogP contribution >= 0.6 is 11.6 Å². The molecule has 3 aromatic rings. The van der Waals surface area contributed by atoms with Gasteiger partial charge in [-0.25, -0.2) is 4.68 Å². The van der Waals surface area contributed by atoms with Crippen molar-refractivity contribution in [2.75, 3.05) is 0 Å². The van der Waals surface area contributed by atoms with Gasteiger partial charge in [0, 0.05) is 16.5 Å². The second kappa shape index (κ2) is 4.03. The molecule has 0 saturated carbocycles. The van der Waals surface area contributed by atoms with Crippen LogP contribution < -0.4 is 0 Å². The maximum Gasteiger partial charge on any atom is 0.117 e. The Balaban J connectivity index is 2.28. The van der Waals surface area contributed by atoms with Gasteiger partial charge in [-0.3, -0.25) is 0 Å².